The molecule has 8 heteroatoms. The Morgan fingerprint density at radius 3 is 1.84 bits per heavy atom. The molecule has 38 heavy (non-hydrogen) atoms. The number of thiophene rings is 2. The molecule has 4 aliphatic rings. The molecule has 6 rings (SSSR count). The summed E-state index contributed by atoms with van der Waals surface area (Å²) in [6.07, 6.45) is 10.6. The molecule has 6 nitrogen and oxygen atoms in total. The van der Waals surface area contributed by atoms with E-state index in [0.717, 1.165) is 85.1 Å². The lowest BCUT2D eigenvalue weighted by molar-refractivity contribution is -0.120. The molecule has 2 aromatic heterocycles. The molecule has 0 aliphatic heterocycles. The van der Waals surface area contributed by atoms with Crippen LogP contribution in [0.15, 0.2) is 0 Å². The molecular weight excluding hydrogens is 520 g/mol. The lowest BCUT2D eigenvalue weighted by Gasteiger charge is -2.18. The molecule has 2 heterocycles. The Labute approximate surface area is 231 Å². The number of Topliss-reactive ketones (excluding diaryl/α,β-unsaturated/α-hetero) is 2. The van der Waals surface area contributed by atoms with Gasteiger partial charge in [0.15, 0.2) is 0 Å². The van der Waals surface area contributed by atoms with Crippen molar-refractivity contribution in [1.29, 1.82) is 0 Å². The summed E-state index contributed by atoms with van der Waals surface area (Å²) in [7, 11) is 0. The molecule has 2 saturated carbocycles. The van der Waals surface area contributed by atoms with Crippen LogP contribution in [0.25, 0.3) is 0 Å². The minimum Gasteiger partial charge on any atom is -0.478 e. The van der Waals surface area contributed by atoms with Crippen molar-refractivity contribution in [2.45, 2.75) is 96.8 Å². The number of aryl methyl sites for hydroxylation is 1. The average Bonchev–Trinajstić information content (AvgIpc) is 3.78. The first-order valence-corrected chi connectivity index (χ1v) is 15.6. The quantitative estimate of drug-likeness (QED) is 0.384. The Kier molecular flexibility index (Phi) is 7.92. The van der Waals surface area contributed by atoms with E-state index in [-0.39, 0.29) is 23.4 Å². The number of carboxylic acids is 2. The minimum absolute atomic E-state index is 0.207. The number of rotatable bonds is 8. The highest BCUT2D eigenvalue weighted by molar-refractivity contribution is 7.13. The Hall–Kier alpha value is -2.32. The zero-order chi connectivity index (χ0) is 27.1. The average molecular weight is 557 g/mol. The summed E-state index contributed by atoms with van der Waals surface area (Å²) < 4.78 is 0. The maximum atomic E-state index is 12.0. The number of carboxylic acid groups (broad SMARTS) is 2. The molecule has 0 aromatic carbocycles. The molecule has 2 aromatic rings. The van der Waals surface area contributed by atoms with Gasteiger partial charge in [-0.2, -0.15) is 0 Å². The predicted molar refractivity (Wildman–Crippen MR) is 148 cm³/mol. The maximum absolute atomic E-state index is 12.0. The van der Waals surface area contributed by atoms with Crippen molar-refractivity contribution in [1.82, 2.24) is 0 Å². The topological polar surface area (TPSA) is 109 Å². The summed E-state index contributed by atoms with van der Waals surface area (Å²) in [5.41, 5.74) is 2.91. The molecule has 0 radical (unpaired) electrons. The van der Waals surface area contributed by atoms with Crippen LogP contribution in [0.1, 0.15) is 116 Å². The highest BCUT2D eigenvalue weighted by atomic mass is 32.1. The number of carbonyl (C=O) groups is 4. The fraction of sp³-hybridized carbons (Fsp3) is 0.600. The Morgan fingerprint density at radius 1 is 0.737 bits per heavy atom. The van der Waals surface area contributed by atoms with Crippen LogP contribution in [-0.2, 0) is 41.7 Å². The molecule has 204 valence electrons. The summed E-state index contributed by atoms with van der Waals surface area (Å²) in [4.78, 5) is 50.9. The molecule has 0 amide bonds. The fourth-order valence-electron chi connectivity index (χ4n) is 5.88. The largest absolute Gasteiger partial charge is 0.478 e. The third kappa shape index (κ3) is 5.81. The lowest BCUT2D eigenvalue weighted by Crippen LogP contribution is -2.13. The van der Waals surface area contributed by atoms with Crippen molar-refractivity contribution in [3.8, 4) is 0 Å². The lowest BCUT2D eigenvalue weighted by atomic mass is 9.87. The zero-order valence-electron chi connectivity index (χ0n) is 22.1. The van der Waals surface area contributed by atoms with Crippen LogP contribution in [-0.4, -0.2) is 33.7 Å². The first kappa shape index (κ1) is 27.3. The van der Waals surface area contributed by atoms with Gasteiger partial charge in [0.05, 0.1) is 11.1 Å². The van der Waals surface area contributed by atoms with Gasteiger partial charge in [0, 0.05) is 44.2 Å². The third-order valence-corrected chi connectivity index (χ3v) is 11.1. The normalized spacial score (nSPS) is 22.1. The number of hydrogen-bond donors (Lipinski definition) is 2. The van der Waals surface area contributed by atoms with E-state index in [4.69, 9.17) is 0 Å². The van der Waals surface area contributed by atoms with E-state index in [1.54, 1.807) is 22.7 Å². The molecule has 0 spiro atoms. The summed E-state index contributed by atoms with van der Waals surface area (Å²) in [5, 5.41) is 18.9. The van der Waals surface area contributed by atoms with Crippen LogP contribution in [0.2, 0.25) is 0 Å². The van der Waals surface area contributed by atoms with E-state index in [0.29, 0.717) is 35.8 Å². The zero-order valence-corrected chi connectivity index (χ0v) is 23.8. The summed E-state index contributed by atoms with van der Waals surface area (Å²) >= 11 is 3.13. The van der Waals surface area contributed by atoms with Crippen molar-refractivity contribution < 1.29 is 29.4 Å². The van der Waals surface area contributed by atoms with Crippen LogP contribution < -0.4 is 0 Å². The number of fused-ring (bicyclic) bond motifs is 2. The standard InChI is InChI=1S/2C15H18O3S/c1-8-2-5-12-10(6-8)14(15(17)18)13(19-12)7-11(16)9-3-4-9;1-8-3-2-4-10-13(15(17)18)12(19-14(8)10)7-11(16)9-5-6-9/h2*8-9H,2-7H2,1H3,(H,17,18). The van der Waals surface area contributed by atoms with Gasteiger partial charge < -0.3 is 10.2 Å². The van der Waals surface area contributed by atoms with E-state index in [1.807, 2.05) is 0 Å². The van der Waals surface area contributed by atoms with Crippen molar-refractivity contribution in [3.63, 3.8) is 0 Å². The molecule has 2 atom stereocenters. The minimum atomic E-state index is -0.856. The molecular formula is C30H36O6S2. The van der Waals surface area contributed by atoms with Gasteiger partial charge in [0.1, 0.15) is 11.6 Å². The number of carbonyl (C=O) groups excluding carboxylic acids is 2. The van der Waals surface area contributed by atoms with Gasteiger partial charge in [0.2, 0.25) is 0 Å². The van der Waals surface area contributed by atoms with Crippen LogP contribution in [0, 0.1) is 17.8 Å². The fourth-order valence-corrected chi connectivity index (χ4v) is 8.67. The summed E-state index contributed by atoms with van der Waals surface area (Å²) in [6, 6.07) is 0. The van der Waals surface area contributed by atoms with E-state index >= 15 is 0 Å². The van der Waals surface area contributed by atoms with Crippen molar-refractivity contribution >= 4 is 46.2 Å². The molecule has 0 bridgehead atoms. The molecule has 0 saturated heterocycles. The Bertz CT molecular complexity index is 1280. The van der Waals surface area contributed by atoms with Gasteiger partial charge >= 0.3 is 11.9 Å². The van der Waals surface area contributed by atoms with Gasteiger partial charge in [-0.1, -0.05) is 13.8 Å². The van der Waals surface area contributed by atoms with Crippen molar-refractivity contribution in [2.75, 3.05) is 0 Å². The van der Waals surface area contributed by atoms with E-state index < -0.39 is 11.9 Å². The smallest absolute Gasteiger partial charge is 0.337 e. The van der Waals surface area contributed by atoms with E-state index in [1.165, 1.54) is 9.75 Å². The predicted octanol–water partition coefficient (Wildman–Crippen LogP) is 6.50. The molecule has 2 fully saturated rings. The summed E-state index contributed by atoms with van der Waals surface area (Å²) in [6.45, 7) is 4.33. The second-order valence-corrected chi connectivity index (χ2v) is 14.0. The Balaban J connectivity index is 0.000000155. The second-order valence-electron chi connectivity index (χ2n) is 11.6. The van der Waals surface area contributed by atoms with Crippen LogP contribution in [0.5, 0.6) is 0 Å². The van der Waals surface area contributed by atoms with Gasteiger partial charge in [-0.3, -0.25) is 9.59 Å². The van der Waals surface area contributed by atoms with E-state index in [2.05, 4.69) is 13.8 Å². The highest BCUT2D eigenvalue weighted by Crippen LogP contribution is 2.42. The van der Waals surface area contributed by atoms with Crippen LogP contribution in [0.4, 0.5) is 0 Å². The molecule has 2 N–H and O–H groups in total. The Morgan fingerprint density at radius 2 is 1.29 bits per heavy atom. The van der Waals surface area contributed by atoms with Crippen molar-refractivity contribution in [3.05, 3.63) is 41.8 Å². The monoisotopic (exact) mass is 556 g/mol. The second kappa shape index (κ2) is 11.0. The SMILES string of the molecule is CC1CCCc2c1sc(CC(=O)C1CC1)c2C(=O)O.CC1CCc2sc(CC(=O)C3CC3)c(C(=O)O)c2C1. The van der Waals surface area contributed by atoms with Gasteiger partial charge in [-0.25, -0.2) is 9.59 Å². The van der Waals surface area contributed by atoms with Gasteiger partial charge in [0.25, 0.3) is 0 Å². The molecule has 2 unspecified atom stereocenters. The van der Waals surface area contributed by atoms with Gasteiger partial charge in [-0.15, -0.1) is 22.7 Å². The highest BCUT2D eigenvalue weighted by Gasteiger charge is 2.34. The number of aromatic carboxylic acids is 2. The van der Waals surface area contributed by atoms with Crippen LogP contribution in [0.3, 0.4) is 0 Å². The third-order valence-electron chi connectivity index (χ3n) is 8.37. The number of ketones is 2. The maximum Gasteiger partial charge on any atom is 0.337 e. The number of hydrogen-bond acceptors (Lipinski definition) is 6. The van der Waals surface area contributed by atoms with Crippen molar-refractivity contribution in [2.24, 2.45) is 17.8 Å². The first-order chi connectivity index (χ1) is 18.1. The van der Waals surface area contributed by atoms with Gasteiger partial charge in [-0.05, 0) is 87.2 Å². The molecule has 4 aliphatic carbocycles. The van der Waals surface area contributed by atoms with E-state index in [9.17, 15) is 29.4 Å². The summed E-state index contributed by atoms with van der Waals surface area (Å²) in [5.74, 6) is 0.153. The van der Waals surface area contributed by atoms with Crippen LogP contribution >= 0.6 is 22.7 Å². The first-order valence-electron chi connectivity index (χ1n) is 13.9.